The predicted octanol–water partition coefficient (Wildman–Crippen LogP) is 1.88. The van der Waals surface area contributed by atoms with Crippen molar-refractivity contribution in [3.63, 3.8) is 0 Å². The molecule has 1 aliphatic heterocycles. The van der Waals surface area contributed by atoms with Crippen LogP contribution in [0, 0.1) is 0 Å². The molecule has 1 aromatic heterocycles. The van der Waals surface area contributed by atoms with E-state index in [9.17, 15) is 4.79 Å². The van der Waals surface area contributed by atoms with Crippen molar-refractivity contribution in [3.8, 4) is 0 Å². The third-order valence-corrected chi connectivity index (χ3v) is 2.16. The van der Waals surface area contributed by atoms with Crippen molar-refractivity contribution < 1.29 is 4.79 Å². The topological polar surface area (TPSA) is 42.0 Å². The predicted molar refractivity (Wildman–Crippen MR) is 46.6 cm³/mol. The Morgan fingerprint density at radius 1 is 1.50 bits per heavy atom. The second-order valence-corrected chi connectivity index (χ2v) is 3.23. The second kappa shape index (κ2) is 2.61. The quantitative estimate of drug-likeness (QED) is 0.654. The van der Waals surface area contributed by atoms with E-state index in [1.807, 2.05) is 0 Å². The standard InChI is InChI=1S/C7H4Cl2N2O/c8-5-2-4-3(7(9)11-5)1-6(12)10-4/h2H,1H2,(H,10,12). The molecule has 0 aliphatic carbocycles. The van der Waals surface area contributed by atoms with Crippen LogP contribution in [0.2, 0.25) is 10.3 Å². The summed E-state index contributed by atoms with van der Waals surface area (Å²) in [6, 6.07) is 1.59. The van der Waals surface area contributed by atoms with E-state index in [1.165, 1.54) is 0 Å². The first kappa shape index (κ1) is 7.83. The van der Waals surface area contributed by atoms with Gasteiger partial charge >= 0.3 is 0 Å². The second-order valence-electron chi connectivity index (χ2n) is 2.49. The average Bonchev–Trinajstić information content (AvgIpc) is 2.29. The molecular weight excluding hydrogens is 199 g/mol. The fourth-order valence-corrected chi connectivity index (χ4v) is 1.64. The molecule has 2 rings (SSSR count). The van der Waals surface area contributed by atoms with E-state index in [-0.39, 0.29) is 5.91 Å². The molecule has 1 N–H and O–H groups in total. The summed E-state index contributed by atoms with van der Waals surface area (Å²) >= 11 is 11.4. The van der Waals surface area contributed by atoms with Crippen LogP contribution in [-0.2, 0) is 11.2 Å². The SMILES string of the molecule is O=C1Cc2c(cc(Cl)nc2Cl)N1. The first-order chi connectivity index (χ1) is 5.66. The summed E-state index contributed by atoms with van der Waals surface area (Å²) in [6.07, 6.45) is 0.290. The maximum absolute atomic E-state index is 10.9. The maximum Gasteiger partial charge on any atom is 0.229 e. The Labute approximate surface area is 78.7 Å². The molecule has 0 aromatic carbocycles. The lowest BCUT2D eigenvalue weighted by Crippen LogP contribution is -2.03. The molecular formula is C7H4Cl2N2O. The van der Waals surface area contributed by atoms with Crippen molar-refractivity contribution >= 4 is 34.8 Å². The lowest BCUT2D eigenvalue weighted by molar-refractivity contribution is -0.115. The number of aromatic nitrogens is 1. The van der Waals surface area contributed by atoms with Crippen molar-refractivity contribution in [2.75, 3.05) is 5.32 Å². The average molecular weight is 203 g/mol. The van der Waals surface area contributed by atoms with Gasteiger partial charge in [0.15, 0.2) is 0 Å². The molecule has 1 aromatic rings. The maximum atomic E-state index is 10.9. The number of halogens is 2. The number of nitrogens with one attached hydrogen (secondary N) is 1. The van der Waals surface area contributed by atoms with Gasteiger partial charge in [-0.05, 0) is 6.07 Å². The molecule has 12 heavy (non-hydrogen) atoms. The molecule has 0 unspecified atom stereocenters. The number of hydrogen-bond acceptors (Lipinski definition) is 2. The summed E-state index contributed by atoms with van der Waals surface area (Å²) in [7, 11) is 0. The summed E-state index contributed by atoms with van der Waals surface area (Å²) < 4.78 is 0. The summed E-state index contributed by atoms with van der Waals surface area (Å²) in [5, 5.41) is 3.23. The normalized spacial score (nSPS) is 14.3. The summed E-state index contributed by atoms with van der Waals surface area (Å²) in [5.41, 5.74) is 1.40. The largest absolute Gasteiger partial charge is 0.325 e. The number of carbonyl (C=O) groups excluding carboxylic acids is 1. The molecule has 1 aliphatic rings. The van der Waals surface area contributed by atoms with Crippen LogP contribution in [0.15, 0.2) is 6.07 Å². The Morgan fingerprint density at radius 2 is 2.25 bits per heavy atom. The number of pyridine rings is 1. The first-order valence-corrected chi connectivity index (χ1v) is 4.07. The van der Waals surface area contributed by atoms with Gasteiger partial charge in [-0.25, -0.2) is 4.98 Å². The first-order valence-electron chi connectivity index (χ1n) is 3.31. The van der Waals surface area contributed by atoms with E-state index in [2.05, 4.69) is 10.3 Å². The van der Waals surface area contributed by atoms with Gasteiger partial charge in [-0.3, -0.25) is 4.79 Å². The zero-order valence-corrected chi connectivity index (χ0v) is 7.41. The van der Waals surface area contributed by atoms with Crippen LogP contribution in [0.1, 0.15) is 5.56 Å². The number of rotatable bonds is 0. The van der Waals surface area contributed by atoms with Crippen molar-refractivity contribution in [2.24, 2.45) is 0 Å². The van der Waals surface area contributed by atoms with E-state index in [0.29, 0.717) is 22.4 Å². The highest BCUT2D eigenvalue weighted by atomic mass is 35.5. The third kappa shape index (κ3) is 1.15. The molecule has 2 heterocycles. The molecule has 1 amide bonds. The van der Waals surface area contributed by atoms with Crippen molar-refractivity contribution in [3.05, 3.63) is 21.9 Å². The smallest absolute Gasteiger partial charge is 0.229 e. The lowest BCUT2D eigenvalue weighted by atomic mass is 10.2. The monoisotopic (exact) mass is 202 g/mol. The van der Waals surface area contributed by atoms with Gasteiger partial charge in [0.25, 0.3) is 0 Å². The highest BCUT2D eigenvalue weighted by Crippen LogP contribution is 2.30. The van der Waals surface area contributed by atoms with E-state index in [0.717, 1.165) is 5.56 Å². The Morgan fingerprint density at radius 3 is 3.00 bits per heavy atom. The van der Waals surface area contributed by atoms with Crippen LogP contribution in [0.25, 0.3) is 0 Å². The summed E-state index contributed by atoms with van der Waals surface area (Å²) in [6.45, 7) is 0. The van der Waals surface area contributed by atoms with Crippen molar-refractivity contribution in [2.45, 2.75) is 6.42 Å². The number of fused-ring (bicyclic) bond motifs is 1. The molecule has 62 valence electrons. The third-order valence-electron chi connectivity index (χ3n) is 1.65. The van der Waals surface area contributed by atoms with Gasteiger partial charge in [0, 0.05) is 5.56 Å². The van der Waals surface area contributed by atoms with Crippen molar-refractivity contribution in [1.29, 1.82) is 0 Å². The molecule has 5 heteroatoms. The van der Waals surface area contributed by atoms with Gasteiger partial charge < -0.3 is 5.32 Å². The van der Waals surface area contributed by atoms with Gasteiger partial charge in [-0.2, -0.15) is 0 Å². The number of anilines is 1. The lowest BCUT2D eigenvalue weighted by Gasteiger charge is -1.99. The van der Waals surface area contributed by atoms with Crippen molar-refractivity contribution in [1.82, 2.24) is 4.98 Å². The molecule has 0 atom stereocenters. The van der Waals surface area contributed by atoms with Crippen LogP contribution >= 0.6 is 23.2 Å². The minimum atomic E-state index is -0.0732. The number of amides is 1. The highest BCUT2D eigenvalue weighted by Gasteiger charge is 2.21. The van der Waals surface area contributed by atoms with Crippen LogP contribution in [0.5, 0.6) is 0 Å². The van der Waals surface area contributed by atoms with Gasteiger partial charge in [0.1, 0.15) is 10.3 Å². The zero-order valence-electron chi connectivity index (χ0n) is 5.90. The Bertz CT molecular complexity index is 365. The van der Waals surface area contributed by atoms with E-state index in [1.54, 1.807) is 6.07 Å². The fourth-order valence-electron chi connectivity index (χ4n) is 1.15. The fraction of sp³-hybridized carbons (Fsp3) is 0.143. The van der Waals surface area contributed by atoms with Crippen LogP contribution in [0.4, 0.5) is 5.69 Å². The minimum Gasteiger partial charge on any atom is -0.325 e. The minimum absolute atomic E-state index is 0.0732. The molecule has 3 nitrogen and oxygen atoms in total. The zero-order chi connectivity index (χ0) is 8.72. The summed E-state index contributed by atoms with van der Waals surface area (Å²) in [5.74, 6) is -0.0732. The number of hydrogen-bond donors (Lipinski definition) is 1. The molecule has 0 saturated carbocycles. The van der Waals surface area contributed by atoms with Crippen LogP contribution < -0.4 is 5.32 Å². The molecule has 0 radical (unpaired) electrons. The van der Waals surface area contributed by atoms with E-state index in [4.69, 9.17) is 23.2 Å². The Hall–Kier alpha value is -0.800. The van der Waals surface area contributed by atoms with E-state index < -0.39 is 0 Å². The highest BCUT2D eigenvalue weighted by molar-refractivity contribution is 6.34. The molecule has 0 saturated heterocycles. The molecule has 0 bridgehead atoms. The Balaban J connectivity index is 2.59. The number of carbonyl (C=O) groups is 1. The van der Waals surface area contributed by atoms with Gasteiger partial charge in [-0.15, -0.1) is 0 Å². The van der Waals surface area contributed by atoms with Crippen LogP contribution in [-0.4, -0.2) is 10.9 Å². The van der Waals surface area contributed by atoms with Gasteiger partial charge in [-0.1, -0.05) is 23.2 Å². The Kier molecular flexibility index (Phi) is 1.70. The van der Waals surface area contributed by atoms with Gasteiger partial charge in [0.05, 0.1) is 12.1 Å². The summed E-state index contributed by atoms with van der Waals surface area (Å²) in [4.78, 5) is 14.7. The van der Waals surface area contributed by atoms with E-state index >= 15 is 0 Å². The number of nitrogens with zero attached hydrogens (tertiary/aromatic N) is 1. The molecule has 0 fully saturated rings. The molecule has 0 spiro atoms. The van der Waals surface area contributed by atoms with Gasteiger partial charge in [0.2, 0.25) is 5.91 Å². The van der Waals surface area contributed by atoms with Crippen LogP contribution in [0.3, 0.4) is 0 Å².